The average molecular weight is 254 g/mol. The van der Waals surface area contributed by atoms with Crippen LogP contribution in [-0.2, 0) is 7.05 Å². The van der Waals surface area contributed by atoms with Gasteiger partial charge in [-0.05, 0) is 20.0 Å². The van der Waals surface area contributed by atoms with Gasteiger partial charge in [-0.3, -0.25) is 4.68 Å². The molecule has 0 fully saturated rings. The molecule has 0 aromatic carbocycles. The van der Waals surface area contributed by atoms with Crippen LogP contribution < -0.4 is 5.32 Å². The van der Waals surface area contributed by atoms with Crippen LogP contribution >= 0.6 is 0 Å². The summed E-state index contributed by atoms with van der Waals surface area (Å²) in [7, 11) is 1.92. The first-order chi connectivity index (χ1) is 8.63. The van der Waals surface area contributed by atoms with E-state index in [9.17, 15) is 5.11 Å². The Balaban J connectivity index is 2.50. The monoisotopic (exact) mass is 254 g/mol. The molecule has 5 nitrogen and oxygen atoms in total. The van der Waals surface area contributed by atoms with Gasteiger partial charge in [0.2, 0.25) is 0 Å². The van der Waals surface area contributed by atoms with Crippen LogP contribution in [0.15, 0.2) is 6.20 Å². The van der Waals surface area contributed by atoms with E-state index in [4.69, 9.17) is 0 Å². The Morgan fingerprint density at radius 1 is 1.44 bits per heavy atom. The van der Waals surface area contributed by atoms with Crippen LogP contribution in [0.25, 0.3) is 0 Å². The van der Waals surface area contributed by atoms with Gasteiger partial charge >= 0.3 is 0 Å². The second kappa shape index (κ2) is 7.51. The van der Waals surface area contributed by atoms with Gasteiger partial charge in [0.15, 0.2) is 0 Å². The van der Waals surface area contributed by atoms with Crippen LogP contribution in [0.5, 0.6) is 0 Å². The zero-order valence-corrected chi connectivity index (χ0v) is 12.0. The summed E-state index contributed by atoms with van der Waals surface area (Å²) in [5.41, 5.74) is 2.18. The molecule has 18 heavy (non-hydrogen) atoms. The zero-order chi connectivity index (χ0) is 13.5. The fraction of sp³-hybridized carbons (Fsp3) is 0.769. The van der Waals surface area contributed by atoms with Crippen molar-refractivity contribution in [3.8, 4) is 0 Å². The van der Waals surface area contributed by atoms with Crippen molar-refractivity contribution in [1.29, 1.82) is 0 Å². The van der Waals surface area contributed by atoms with E-state index in [1.807, 2.05) is 24.9 Å². The molecule has 0 aliphatic heterocycles. The number of rotatable bonds is 8. The molecule has 104 valence electrons. The summed E-state index contributed by atoms with van der Waals surface area (Å²) in [6.07, 6.45) is 1.83. The Morgan fingerprint density at radius 2 is 2.11 bits per heavy atom. The first kappa shape index (κ1) is 15.1. The lowest BCUT2D eigenvalue weighted by atomic mass is 10.1. The van der Waals surface area contributed by atoms with Gasteiger partial charge in [0.25, 0.3) is 0 Å². The molecule has 2 N–H and O–H groups in total. The van der Waals surface area contributed by atoms with Crippen molar-refractivity contribution in [2.24, 2.45) is 7.05 Å². The predicted molar refractivity (Wildman–Crippen MR) is 73.6 cm³/mol. The van der Waals surface area contributed by atoms with E-state index in [0.29, 0.717) is 0 Å². The quantitative estimate of drug-likeness (QED) is 0.717. The summed E-state index contributed by atoms with van der Waals surface area (Å²) in [6, 6.07) is -0.0192. The van der Waals surface area contributed by atoms with Gasteiger partial charge in [-0.1, -0.05) is 13.8 Å². The third-order valence-electron chi connectivity index (χ3n) is 3.54. The number of aryl methyl sites for hydroxylation is 1. The molecule has 0 amide bonds. The lowest BCUT2D eigenvalue weighted by Gasteiger charge is -2.21. The molecule has 0 aliphatic carbocycles. The fourth-order valence-corrected chi connectivity index (χ4v) is 2.07. The van der Waals surface area contributed by atoms with Crippen LogP contribution in [0.1, 0.15) is 31.1 Å². The Bertz CT molecular complexity index is 347. The number of nitrogens with one attached hydrogen (secondary N) is 1. The third-order valence-corrected chi connectivity index (χ3v) is 3.54. The normalized spacial score (nSPS) is 13.2. The molecule has 0 bridgehead atoms. The number of aliphatic hydroxyl groups is 1. The van der Waals surface area contributed by atoms with Gasteiger partial charge in [-0.2, -0.15) is 5.10 Å². The fourth-order valence-electron chi connectivity index (χ4n) is 2.07. The van der Waals surface area contributed by atoms with Crippen molar-refractivity contribution in [2.75, 3.05) is 32.8 Å². The first-order valence-corrected chi connectivity index (χ1v) is 6.69. The highest BCUT2D eigenvalue weighted by atomic mass is 16.3. The molecule has 1 aromatic heterocycles. The number of likely N-dealkylation sites (N-methyl/N-ethyl adjacent to an activating group) is 1. The molecule has 1 heterocycles. The summed E-state index contributed by atoms with van der Waals surface area (Å²) >= 11 is 0. The van der Waals surface area contributed by atoms with E-state index in [0.717, 1.165) is 37.4 Å². The molecular weight excluding hydrogens is 228 g/mol. The van der Waals surface area contributed by atoms with Crippen molar-refractivity contribution in [3.63, 3.8) is 0 Å². The van der Waals surface area contributed by atoms with Crippen LogP contribution in [0.3, 0.4) is 0 Å². The smallest absolute Gasteiger partial charge is 0.0627 e. The molecule has 1 atom stereocenters. The number of hydrogen-bond donors (Lipinski definition) is 2. The number of nitrogens with zero attached hydrogens (tertiary/aromatic N) is 3. The van der Waals surface area contributed by atoms with Crippen LogP contribution in [0.2, 0.25) is 0 Å². The minimum Gasteiger partial charge on any atom is -0.394 e. The maximum absolute atomic E-state index is 9.48. The van der Waals surface area contributed by atoms with E-state index in [2.05, 4.69) is 29.2 Å². The standard InChI is InChI=1S/C13H26N4O/c1-5-17(6-2)8-7-14-13(10-18)12-9-15-16(4)11(12)3/h9,13-14,18H,5-8,10H2,1-4H3. The second-order valence-electron chi connectivity index (χ2n) is 4.53. The van der Waals surface area contributed by atoms with E-state index >= 15 is 0 Å². The molecule has 1 unspecified atom stereocenters. The van der Waals surface area contributed by atoms with Crippen molar-refractivity contribution in [3.05, 3.63) is 17.5 Å². The lowest BCUT2D eigenvalue weighted by molar-refractivity contribution is 0.233. The van der Waals surface area contributed by atoms with Gasteiger partial charge in [0.1, 0.15) is 0 Å². The van der Waals surface area contributed by atoms with E-state index in [-0.39, 0.29) is 12.6 Å². The number of aromatic nitrogens is 2. The van der Waals surface area contributed by atoms with E-state index in [1.165, 1.54) is 0 Å². The van der Waals surface area contributed by atoms with Gasteiger partial charge in [0, 0.05) is 31.4 Å². The SMILES string of the molecule is CCN(CC)CCNC(CO)c1cnn(C)c1C. The van der Waals surface area contributed by atoms with Crippen molar-refractivity contribution >= 4 is 0 Å². The van der Waals surface area contributed by atoms with Crippen LogP contribution in [0.4, 0.5) is 0 Å². The summed E-state index contributed by atoms with van der Waals surface area (Å²) in [4.78, 5) is 2.36. The third kappa shape index (κ3) is 3.80. The lowest BCUT2D eigenvalue weighted by Crippen LogP contribution is -2.34. The Labute approximate surface area is 110 Å². The largest absolute Gasteiger partial charge is 0.394 e. The molecule has 1 rings (SSSR count). The minimum absolute atomic E-state index is 0.0192. The zero-order valence-electron chi connectivity index (χ0n) is 12.0. The summed E-state index contributed by atoms with van der Waals surface area (Å²) in [5.74, 6) is 0. The van der Waals surface area contributed by atoms with Crippen LogP contribution in [0, 0.1) is 6.92 Å². The molecule has 5 heteroatoms. The molecule has 0 aliphatic rings. The second-order valence-corrected chi connectivity index (χ2v) is 4.53. The highest BCUT2D eigenvalue weighted by Crippen LogP contribution is 2.15. The molecule has 0 saturated heterocycles. The minimum atomic E-state index is -0.0192. The Hall–Kier alpha value is -0.910. The number of aliphatic hydroxyl groups excluding tert-OH is 1. The van der Waals surface area contributed by atoms with Crippen molar-refractivity contribution in [1.82, 2.24) is 20.0 Å². The first-order valence-electron chi connectivity index (χ1n) is 6.69. The van der Waals surface area contributed by atoms with E-state index < -0.39 is 0 Å². The van der Waals surface area contributed by atoms with Crippen LogP contribution in [-0.4, -0.2) is 52.6 Å². The average Bonchev–Trinajstić information content (AvgIpc) is 2.71. The topological polar surface area (TPSA) is 53.3 Å². The van der Waals surface area contributed by atoms with Gasteiger partial charge in [-0.15, -0.1) is 0 Å². The Kier molecular flexibility index (Phi) is 6.32. The highest BCUT2D eigenvalue weighted by Gasteiger charge is 2.15. The molecule has 0 saturated carbocycles. The van der Waals surface area contributed by atoms with Crippen molar-refractivity contribution < 1.29 is 5.11 Å². The van der Waals surface area contributed by atoms with Gasteiger partial charge < -0.3 is 15.3 Å². The predicted octanol–water partition coefficient (Wildman–Crippen LogP) is 0.693. The molecule has 0 spiro atoms. The maximum Gasteiger partial charge on any atom is 0.0627 e. The van der Waals surface area contributed by atoms with Crippen molar-refractivity contribution in [2.45, 2.75) is 26.8 Å². The number of hydrogen-bond acceptors (Lipinski definition) is 4. The summed E-state index contributed by atoms with van der Waals surface area (Å²) in [6.45, 7) is 10.5. The highest BCUT2D eigenvalue weighted by molar-refractivity contribution is 5.20. The van der Waals surface area contributed by atoms with Gasteiger partial charge in [0.05, 0.1) is 18.8 Å². The van der Waals surface area contributed by atoms with Gasteiger partial charge in [-0.25, -0.2) is 0 Å². The summed E-state index contributed by atoms with van der Waals surface area (Å²) < 4.78 is 1.84. The molecule has 1 aromatic rings. The summed E-state index contributed by atoms with van der Waals surface area (Å²) in [5, 5.41) is 17.1. The maximum atomic E-state index is 9.48. The van der Waals surface area contributed by atoms with E-state index in [1.54, 1.807) is 0 Å². The molecular formula is C13H26N4O. The Morgan fingerprint density at radius 3 is 2.56 bits per heavy atom. The molecule has 0 radical (unpaired) electrons.